The molecule has 2 aromatic rings. The fourth-order valence-electron chi connectivity index (χ4n) is 3.19. The Bertz CT molecular complexity index is 928. The number of nitrogens with one attached hydrogen (secondary N) is 1. The van der Waals surface area contributed by atoms with Crippen molar-refractivity contribution in [1.29, 1.82) is 0 Å². The molecule has 2 aliphatic heterocycles. The van der Waals surface area contributed by atoms with Crippen molar-refractivity contribution in [2.45, 2.75) is 18.8 Å². The molecular weight excluding hydrogens is 386 g/mol. The Morgan fingerprint density at radius 2 is 2.17 bits per heavy atom. The van der Waals surface area contributed by atoms with Crippen LogP contribution < -0.4 is 10.1 Å². The highest BCUT2D eigenvalue weighted by molar-refractivity contribution is 6.10. The van der Waals surface area contributed by atoms with Crippen LogP contribution in [0.5, 0.6) is 5.75 Å². The van der Waals surface area contributed by atoms with Crippen molar-refractivity contribution >= 4 is 23.6 Å². The first kappa shape index (κ1) is 20.0. The molecule has 1 fully saturated rings. The average molecular weight is 409 g/mol. The fourth-order valence-corrected chi connectivity index (χ4v) is 3.19. The van der Waals surface area contributed by atoms with E-state index in [0.29, 0.717) is 31.1 Å². The highest BCUT2D eigenvalue weighted by atomic mass is 16.5. The van der Waals surface area contributed by atoms with E-state index in [0.717, 1.165) is 11.1 Å². The number of aliphatic imine (C=N–C) groups is 1. The molecule has 3 heterocycles. The Morgan fingerprint density at radius 1 is 1.27 bits per heavy atom. The molecule has 2 N–H and O–H groups in total. The molecule has 0 spiro atoms. The van der Waals surface area contributed by atoms with Gasteiger partial charge >= 0.3 is 6.03 Å². The lowest BCUT2D eigenvalue weighted by atomic mass is 10.0. The number of likely N-dealkylation sites (tertiary alicyclic amines) is 1. The van der Waals surface area contributed by atoms with E-state index in [4.69, 9.17) is 14.6 Å². The van der Waals surface area contributed by atoms with E-state index in [9.17, 15) is 4.79 Å². The molecule has 156 valence electrons. The maximum absolute atomic E-state index is 12.2. The number of hydrogen-bond donors (Lipinski definition) is 2. The number of ether oxygens (including phenoxy) is 2. The van der Waals surface area contributed by atoms with Gasteiger partial charge in [-0.2, -0.15) is 5.10 Å². The summed E-state index contributed by atoms with van der Waals surface area (Å²) in [5.74, 6) is 1.13. The number of dihydropyridines is 1. The highest BCUT2D eigenvalue weighted by Crippen LogP contribution is 2.25. The van der Waals surface area contributed by atoms with Crippen LogP contribution in [0.4, 0.5) is 10.6 Å². The SMILES string of the molecule is O=C(Nc1cccnn1)N1CC(OC2CC=C(c3cccc(OCCO)c3)C=N2)C1. The number of hydrogen-bond acceptors (Lipinski definition) is 7. The van der Waals surface area contributed by atoms with E-state index < -0.39 is 0 Å². The maximum Gasteiger partial charge on any atom is 0.323 e. The van der Waals surface area contributed by atoms with Gasteiger partial charge in [0.25, 0.3) is 0 Å². The van der Waals surface area contributed by atoms with Crippen molar-refractivity contribution in [1.82, 2.24) is 15.1 Å². The van der Waals surface area contributed by atoms with Crippen LogP contribution in [-0.4, -0.2) is 71.1 Å². The third-order valence-corrected chi connectivity index (χ3v) is 4.74. The lowest BCUT2D eigenvalue weighted by Gasteiger charge is -2.39. The number of nitrogens with zero attached hydrogens (tertiary/aromatic N) is 4. The van der Waals surface area contributed by atoms with E-state index in [1.165, 1.54) is 0 Å². The normalized spacial score (nSPS) is 18.5. The molecule has 4 rings (SSSR count). The largest absolute Gasteiger partial charge is 0.491 e. The van der Waals surface area contributed by atoms with Gasteiger partial charge in [-0.1, -0.05) is 18.2 Å². The number of carbonyl (C=O) groups excluding carboxylic acids is 1. The molecule has 2 amide bonds. The monoisotopic (exact) mass is 409 g/mol. The molecular formula is C21H23N5O4. The fraction of sp³-hybridized carbons (Fsp3) is 0.333. The van der Waals surface area contributed by atoms with Crippen molar-refractivity contribution in [3.63, 3.8) is 0 Å². The van der Waals surface area contributed by atoms with Gasteiger partial charge in [-0.25, -0.2) is 4.79 Å². The van der Waals surface area contributed by atoms with Gasteiger partial charge in [-0.05, 0) is 35.4 Å². The molecule has 1 aromatic carbocycles. The molecule has 9 heteroatoms. The van der Waals surface area contributed by atoms with Gasteiger partial charge in [-0.15, -0.1) is 5.10 Å². The second-order valence-electron chi connectivity index (χ2n) is 6.93. The minimum Gasteiger partial charge on any atom is -0.491 e. The first-order chi connectivity index (χ1) is 14.7. The Hall–Kier alpha value is -3.30. The summed E-state index contributed by atoms with van der Waals surface area (Å²) in [5, 5.41) is 19.2. The van der Waals surface area contributed by atoms with Crippen LogP contribution >= 0.6 is 0 Å². The van der Waals surface area contributed by atoms with Crippen molar-refractivity contribution in [2.75, 3.05) is 31.6 Å². The van der Waals surface area contributed by atoms with Gasteiger partial charge in [0.2, 0.25) is 0 Å². The van der Waals surface area contributed by atoms with E-state index >= 15 is 0 Å². The summed E-state index contributed by atoms with van der Waals surface area (Å²) in [4.78, 5) is 18.3. The topological polar surface area (TPSA) is 109 Å². The van der Waals surface area contributed by atoms with Crippen LogP contribution in [0.1, 0.15) is 12.0 Å². The summed E-state index contributed by atoms with van der Waals surface area (Å²) in [6, 6.07) is 10.9. The van der Waals surface area contributed by atoms with Gasteiger partial charge in [0.15, 0.2) is 12.0 Å². The number of aromatic nitrogens is 2. The minimum absolute atomic E-state index is 0.0198. The molecule has 2 aliphatic rings. The van der Waals surface area contributed by atoms with Crippen LogP contribution in [-0.2, 0) is 4.74 Å². The molecule has 1 atom stereocenters. The zero-order chi connectivity index (χ0) is 20.8. The van der Waals surface area contributed by atoms with E-state index in [2.05, 4.69) is 26.6 Å². The summed E-state index contributed by atoms with van der Waals surface area (Å²) >= 11 is 0. The molecule has 0 radical (unpaired) electrons. The number of aliphatic hydroxyl groups is 1. The number of benzene rings is 1. The summed E-state index contributed by atoms with van der Waals surface area (Å²) in [6.07, 6.45) is 5.81. The average Bonchev–Trinajstić information content (AvgIpc) is 2.76. The zero-order valence-electron chi connectivity index (χ0n) is 16.3. The van der Waals surface area contributed by atoms with Crippen LogP contribution in [0.3, 0.4) is 0 Å². The van der Waals surface area contributed by atoms with Gasteiger partial charge in [0.05, 0.1) is 25.8 Å². The number of amides is 2. The van der Waals surface area contributed by atoms with Crippen molar-refractivity contribution in [3.05, 3.63) is 54.2 Å². The van der Waals surface area contributed by atoms with Crippen molar-refractivity contribution < 1.29 is 19.4 Å². The molecule has 0 bridgehead atoms. The lowest BCUT2D eigenvalue weighted by molar-refractivity contribution is -0.0710. The maximum atomic E-state index is 12.2. The molecule has 1 unspecified atom stereocenters. The number of allylic oxidation sites excluding steroid dienone is 1. The quantitative estimate of drug-likeness (QED) is 0.724. The number of anilines is 1. The lowest BCUT2D eigenvalue weighted by Crippen LogP contribution is -2.56. The zero-order valence-corrected chi connectivity index (χ0v) is 16.3. The van der Waals surface area contributed by atoms with E-state index in [1.807, 2.05) is 24.3 Å². The number of carbonyl (C=O) groups is 1. The first-order valence-corrected chi connectivity index (χ1v) is 9.78. The Labute approximate surface area is 174 Å². The van der Waals surface area contributed by atoms with Gasteiger partial charge in [0, 0.05) is 18.8 Å². The number of rotatable bonds is 7. The molecule has 30 heavy (non-hydrogen) atoms. The van der Waals surface area contributed by atoms with Crippen molar-refractivity contribution in [2.24, 2.45) is 4.99 Å². The summed E-state index contributed by atoms with van der Waals surface area (Å²) in [5.41, 5.74) is 2.01. The third-order valence-electron chi connectivity index (χ3n) is 4.74. The molecule has 1 saturated heterocycles. The molecule has 0 saturated carbocycles. The van der Waals surface area contributed by atoms with Crippen LogP contribution in [0.2, 0.25) is 0 Å². The van der Waals surface area contributed by atoms with Crippen LogP contribution in [0.15, 0.2) is 53.7 Å². The number of urea groups is 1. The van der Waals surface area contributed by atoms with Gasteiger partial charge in [0.1, 0.15) is 12.4 Å². The minimum atomic E-state index is -0.252. The van der Waals surface area contributed by atoms with Crippen LogP contribution in [0.25, 0.3) is 5.57 Å². The van der Waals surface area contributed by atoms with Crippen LogP contribution in [0, 0.1) is 0 Å². The third kappa shape index (κ3) is 5.00. The predicted molar refractivity (Wildman–Crippen MR) is 111 cm³/mol. The van der Waals surface area contributed by atoms with Gasteiger partial charge in [-0.3, -0.25) is 10.3 Å². The van der Waals surface area contributed by atoms with E-state index in [1.54, 1.807) is 29.4 Å². The standard InChI is InChI=1S/C21H23N5O4/c27-9-10-29-17-4-1-3-15(11-17)16-6-7-20(22-12-16)30-18-13-26(14-18)21(28)24-19-5-2-8-23-25-19/h1-6,8,11-12,18,20,27H,7,9-10,13-14H2,(H,24,25,28). The highest BCUT2D eigenvalue weighted by Gasteiger charge is 2.33. The predicted octanol–water partition coefficient (Wildman–Crippen LogP) is 1.96. The second kappa shape index (κ2) is 9.47. The molecule has 0 aliphatic carbocycles. The Morgan fingerprint density at radius 3 is 2.90 bits per heavy atom. The molecule has 1 aromatic heterocycles. The van der Waals surface area contributed by atoms with Gasteiger partial charge < -0.3 is 19.5 Å². The Kier molecular flexibility index (Phi) is 6.31. The molecule has 9 nitrogen and oxygen atoms in total. The summed E-state index contributed by atoms with van der Waals surface area (Å²) in [7, 11) is 0. The number of aliphatic hydroxyl groups excluding tert-OH is 1. The smallest absolute Gasteiger partial charge is 0.323 e. The second-order valence-corrected chi connectivity index (χ2v) is 6.93. The summed E-state index contributed by atoms with van der Waals surface area (Å²) in [6.45, 7) is 1.27. The van der Waals surface area contributed by atoms with Crippen molar-refractivity contribution in [3.8, 4) is 5.75 Å². The van der Waals surface area contributed by atoms with E-state index in [-0.39, 0.29) is 31.6 Å². The first-order valence-electron chi connectivity index (χ1n) is 9.78. The summed E-state index contributed by atoms with van der Waals surface area (Å²) < 4.78 is 11.4. The Balaban J connectivity index is 1.23.